The Labute approximate surface area is 252 Å². The maximum absolute atomic E-state index is 12.9. The number of fused-ring (bicyclic) bond motifs is 5. The summed E-state index contributed by atoms with van der Waals surface area (Å²) >= 11 is 0. The first kappa shape index (κ1) is 32.3. The van der Waals surface area contributed by atoms with Crippen molar-refractivity contribution < 1.29 is 14.3 Å². The number of ketones is 1. The minimum absolute atomic E-state index is 0.0324. The number of hydrogen-bond donors (Lipinski definition) is 0. The average Bonchev–Trinajstić information content (AvgIpc) is 3.25. The number of ether oxygens (including phenoxy) is 1. The minimum Gasteiger partial charge on any atom is -0.462 e. The maximum Gasteiger partial charge on any atom is 0.306 e. The third kappa shape index (κ3) is 8.26. The molecule has 4 aliphatic carbocycles. The SMILES string of the molecule is CCCCC/C=C\C/C=C\CCCCCCCC(=O)O[C@H]1CCC2C3C(C4CCC(=O)C=C4C[C@H]3C)[C@@H](C)C[C@@]21C. The molecule has 3 saturated carbocycles. The fourth-order valence-electron chi connectivity index (χ4n) is 9.58. The molecule has 0 heterocycles. The van der Waals surface area contributed by atoms with Crippen molar-refractivity contribution in [1.29, 1.82) is 0 Å². The first-order valence-corrected chi connectivity index (χ1v) is 17.6. The number of hydrogen-bond acceptors (Lipinski definition) is 3. The normalized spacial score (nSPS) is 34.9. The number of carbonyl (C=O) groups excluding carboxylic acids is 2. The van der Waals surface area contributed by atoms with Crippen LogP contribution in [0.3, 0.4) is 0 Å². The lowest BCUT2D eigenvalue weighted by Crippen LogP contribution is -2.54. The van der Waals surface area contributed by atoms with Crippen LogP contribution in [0.5, 0.6) is 0 Å². The Balaban J connectivity index is 1.13. The lowest BCUT2D eigenvalue weighted by Gasteiger charge is -2.58. The van der Waals surface area contributed by atoms with Gasteiger partial charge in [-0.05, 0) is 112 Å². The Morgan fingerprint density at radius 3 is 2.37 bits per heavy atom. The second kappa shape index (κ2) is 15.7. The van der Waals surface area contributed by atoms with E-state index >= 15 is 0 Å². The van der Waals surface area contributed by atoms with Crippen molar-refractivity contribution in [2.75, 3.05) is 0 Å². The molecule has 0 saturated heterocycles. The van der Waals surface area contributed by atoms with Crippen molar-refractivity contribution in [2.24, 2.45) is 40.9 Å². The molecule has 3 nitrogen and oxygen atoms in total. The van der Waals surface area contributed by atoms with E-state index in [0.717, 1.165) is 51.4 Å². The zero-order chi connectivity index (χ0) is 29.2. The smallest absolute Gasteiger partial charge is 0.306 e. The Hall–Kier alpha value is -1.64. The van der Waals surface area contributed by atoms with Gasteiger partial charge in [-0.15, -0.1) is 0 Å². The predicted octanol–water partition coefficient (Wildman–Crippen LogP) is 10.3. The van der Waals surface area contributed by atoms with E-state index in [2.05, 4.69) is 52.0 Å². The molecule has 41 heavy (non-hydrogen) atoms. The van der Waals surface area contributed by atoms with Crippen LogP contribution in [0.4, 0.5) is 0 Å². The van der Waals surface area contributed by atoms with Gasteiger partial charge < -0.3 is 4.74 Å². The summed E-state index contributed by atoms with van der Waals surface area (Å²) in [5.74, 6) is 4.24. The summed E-state index contributed by atoms with van der Waals surface area (Å²) in [6.07, 6.45) is 31.4. The molecule has 8 atom stereocenters. The maximum atomic E-state index is 12.9. The molecule has 0 aromatic carbocycles. The van der Waals surface area contributed by atoms with E-state index < -0.39 is 0 Å². The molecule has 3 heteroatoms. The van der Waals surface area contributed by atoms with Gasteiger partial charge in [-0.2, -0.15) is 0 Å². The van der Waals surface area contributed by atoms with E-state index in [-0.39, 0.29) is 17.5 Å². The van der Waals surface area contributed by atoms with Crippen LogP contribution in [0.25, 0.3) is 0 Å². The molecule has 0 N–H and O–H groups in total. The van der Waals surface area contributed by atoms with Gasteiger partial charge in [0.2, 0.25) is 0 Å². The highest BCUT2D eigenvalue weighted by molar-refractivity contribution is 5.91. The molecule has 0 spiro atoms. The summed E-state index contributed by atoms with van der Waals surface area (Å²) < 4.78 is 6.28. The van der Waals surface area contributed by atoms with Crippen molar-refractivity contribution in [2.45, 2.75) is 149 Å². The van der Waals surface area contributed by atoms with Gasteiger partial charge in [-0.25, -0.2) is 0 Å². The zero-order valence-corrected chi connectivity index (χ0v) is 26.9. The average molecular weight is 565 g/mol. The highest BCUT2D eigenvalue weighted by atomic mass is 16.5. The van der Waals surface area contributed by atoms with E-state index in [4.69, 9.17) is 4.74 Å². The number of carbonyl (C=O) groups is 2. The van der Waals surface area contributed by atoms with Crippen molar-refractivity contribution in [1.82, 2.24) is 0 Å². The first-order chi connectivity index (χ1) is 19.8. The summed E-state index contributed by atoms with van der Waals surface area (Å²) in [7, 11) is 0. The number of allylic oxidation sites excluding steroid dienone is 5. The fourth-order valence-corrected chi connectivity index (χ4v) is 9.58. The first-order valence-electron chi connectivity index (χ1n) is 17.6. The Kier molecular flexibility index (Phi) is 12.4. The fraction of sp³-hybridized carbons (Fsp3) is 0.789. The second-order valence-corrected chi connectivity index (χ2v) is 14.5. The van der Waals surface area contributed by atoms with Gasteiger partial charge in [0.05, 0.1) is 0 Å². The third-order valence-electron chi connectivity index (χ3n) is 11.5. The molecule has 0 amide bonds. The second-order valence-electron chi connectivity index (χ2n) is 14.5. The van der Waals surface area contributed by atoms with Gasteiger partial charge in [-0.1, -0.05) is 89.7 Å². The Morgan fingerprint density at radius 2 is 1.61 bits per heavy atom. The van der Waals surface area contributed by atoms with Crippen molar-refractivity contribution >= 4 is 11.8 Å². The lowest BCUT2D eigenvalue weighted by molar-refractivity contribution is -0.162. The van der Waals surface area contributed by atoms with Gasteiger partial charge in [0.25, 0.3) is 0 Å². The van der Waals surface area contributed by atoms with Crippen LogP contribution in [0.1, 0.15) is 143 Å². The van der Waals surface area contributed by atoms with Crippen molar-refractivity contribution in [3.63, 3.8) is 0 Å². The van der Waals surface area contributed by atoms with E-state index in [1.165, 1.54) is 63.4 Å². The van der Waals surface area contributed by atoms with Crippen LogP contribution < -0.4 is 0 Å². The van der Waals surface area contributed by atoms with Crippen LogP contribution >= 0.6 is 0 Å². The van der Waals surface area contributed by atoms with Crippen LogP contribution in [-0.4, -0.2) is 17.9 Å². The molecule has 4 rings (SSSR count). The van der Waals surface area contributed by atoms with E-state index in [1.807, 2.05) is 6.08 Å². The highest BCUT2D eigenvalue weighted by Crippen LogP contribution is 2.65. The molecular formula is C38H60O3. The molecule has 0 aromatic heterocycles. The largest absolute Gasteiger partial charge is 0.462 e. The topological polar surface area (TPSA) is 43.4 Å². The highest BCUT2D eigenvalue weighted by Gasteiger charge is 2.60. The van der Waals surface area contributed by atoms with Gasteiger partial charge in [0.15, 0.2) is 5.78 Å². The third-order valence-corrected chi connectivity index (χ3v) is 11.5. The molecule has 4 aliphatic rings. The summed E-state index contributed by atoms with van der Waals surface area (Å²) in [6, 6.07) is 0. The molecule has 4 unspecified atom stereocenters. The number of esters is 1. The van der Waals surface area contributed by atoms with Crippen LogP contribution in [0.15, 0.2) is 36.0 Å². The standard InChI is InChI=1S/C38H60O3/c1-5-6-7-8-9-10-11-12-13-14-15-16-17-18-19-20-35(40)41-34-24-23-33-37-28(2)25-30-26-31(39)21-22-32(30)36(37)29(3)27-38(33,34)4/h9-10,12-13,26,28-29,32-34,36-37H,5-8,11,14-25,27H2,1-4H3/b10-9-,13-12-/t28-,29+,32?,33?,34+,36?,37?,38+/m1/s1. The van der Waals surface area contributed by atoms with Crippen molar-refractivity contribution in [3.8, 4) is 0 Å². The summed E-state index contributed by atoms with van der Waals surface area (Å²) in [4.78, 5) is 25.1. The van der Waals surface area contributed by atoms with Crippen LogP contribution in [0.2, 0.25) is 0 Å². The molecule has 0 aliphatic heterocycles. The van der Waals surface area contributed by atoms with Crippen LogP contribution in [-0.2, 0) is 14.3 Å². The monoisotopic (exact) mass is 564 g/mol. The summed E-state index contributed by atoms with van der Waals surface area (Å²) in [6.45, 7) is 9.57. The summed E-state index contributed by atoms with van der Waals surface area (Å²) in [5, 5.41) is 0. The van der Waals surface area contributed by atoms with E-state index in [0.29, 0.717) is 47.7 Å². The van der Waals surface area contributed by atoms with Crippen molar-refractivity contribution in [3.05, 3.63) is 36.0 Å². The molecule has 230 valence electrons. The van der Waals surface area contributed by atoms with Gasteiger partial charge >= 0.3 is 5.97 Å². The van der Waals surface area contributed by atoms with Crippen LogP contribution in [0, 0.1) is 40.9 Å². The number of unbranched alkanes of at least 4 members (excludes halogenated alkanes) is 8. The van der Waals surface area contributed by atoms with E-state index in [9.17, 15) is 9.59 Å². The lowest BCUT2D eigenvalue weighted by atomic mass is 9.47. The summed E-state index contributed by atoms with van der Waals surface area (Å²) in [5.41, 5.74) is 1.55. The molecule has 0 radical (unpaired) electrons. The molecule has 0 bridgehead atoms. The molecular weight excluding hydrogens is 504 g/mol. The van der Waals surface area contributed by atoms with Gasteiger partial charge in [0, 0.05) is 18.3 Å². The molecule has 0 aromatic rings. The zero-order valence-electron chi connectivity index (χ0n) is 26.9. The van der Waals surface area contributed by atoms with Gasteiger partial charge in [0.1, 0.15) is 6.10 Å². The number of rotatable bonds is 15. The van der Waals surface area contributed by atoms with E-state index in [1.54, 1.807) is 0 Å². The Bertz CT molecular complexity index is 943. The Morgan fingerprint density at radius 1 is 0.902 bits per heavy atom. The predicted molar refractivity (Wildman–Crippen MR) is 170 cm³/mol. The quantitative estimate of drug-likeness (QED) is 0.113. The molecule has 3 fully saturated rings. The minimum atomic E-state index is 0.0324. The van der Waals surface area contributed by atoms with Gasteiger partial charge in [-0.3, -0.25) is 9.59 Å².